The first-order valence-electron chi connectivity index (χ1n) is 9.41. The Kier molecular flexibility index (Phi) is 5.62. The Morgan fingerprint density at radius 2 is 2.11 bits per heavy atom. The van der Waals surface area contributed by atoms with Crippen molar-refractivity contribution in [3.05, 3.63) is 42.2 Å². The highest BCUT2D eigenvalue weighted by molar-refractivity contribution is 5.79. The van der Waals surface area contributed by atoms with Gasteiger partial charge in [0, 0.05) is 37.3 Å². The average Bonchev–Trinajstić information content (AvgIpc) is 3.26. The standard InChI is InChI=1S/C21H27N5O/c1-21(2,23-14-19(27)26-11-7-10-18(26)13-22)12-17-15-25(3)20(24-17)16-8-5-4-6-9-16/h4-6,8-9,15,18,23H,7,10-12,14H2,1-3H3. The van der Waals surface area contributed by atoms with Crippen LogP contribution in [0.15, 0.2) is 36.5 Å². The number of hydrogen-bond donors (Lipinski definition) is 1. The number of likely N-dealkylation sites (tertiary alicyclic amines) is 1. The van der Waals surface area contributed by atoms with E-state index in [-0.39, 0.29) is 24.0 Å². The first kappa shape index (κ1) is 19.1. The number of nitrogens with one attached hydrogen (secondary N) is 1. The van der Waals surface area contributed by atoms with Crippen LogP contribution in [0.25, 0.3) is 11.4 Å². The zero-order valence-electron chi connectivity index (χ0n) is 16.3. The van der Waals surface area contributed by atoms with Gasteiger partial charge in [-0.2, -0.15) is 5.26 Å². The fourth-order valence-corrected chi connectivity index (χ4v) is 3.60. The summed E-state index contributed by atoms with van der Waals surface area (Å²) in [6.07, 6.45) is 4.44. The largest absolute Gasteiger partial charge is 0.334 e. The number of benzene rings is 1. The van der Waals surface area contributed by atoms with Gasteiger partial charge in [0.1, 0.15) is 11.9 Å². The predicted molar refractivity (Wildman–Crippen MR) is 105 cm³/mol. The van der Waals surface area contributed by atoms with E-state index in [9.17, 15) is 4.79 Å². The number of nitriles is 1. The normalized spacial score (nSPS) is 17.1. The van der Waals surface area contributed by atoms with E-state index in [1.807, 2.05) is 36.0 Å². The van der Waals surface area contributed by atoms with Crippen LogP contribution in [0.4, 0.5) is 0 Å². The van der Waals surface area contributed by atoms with E-state index in [4.69, 9.17) is 10.2 Å². The number of amides is 1. The van der Waals surface area contributed by atoms with Crippen molar-refractivity contribution in [3.8, 4) is 17.5 Å². The van der Waals surface area contributed by atoms with E-state index >= 15 is 0 Å². The van der Waals surface area contributed by atoms with Gasteiger partial charge in [0.15, 0.2) is 0 Å². The van der Waals surface area contributed by atoms with Crippen molar-refractivity contribution in [2.75, 3.05) is 13.1 Å². The summed E-state index contributed by atoms with van der Waals surface area (Å²) in [5.41, 5.74) is 1.79. The zero-order valence-corrected chi connectivity index (χ0v) is 16.3. The molecule has 1 aliphatic rings. The lowest BCUT2D eigenvalue weighted by Crippen LogP contribution is -2.48. The minimum atomic E-state index is -0.278. The van der Waals surface area contributed by atoms with Gasteiger partial charge in [0.25, 0.3) is 0 Å². The van der Waals surface area contributed by atoms with Crippen molar-refractivity contribution in [2.24, 2.45) is 7.05 Å². The maximum Gasteiger partial charge on any atom is 0.237 e. The quantitative estimate of drug-likeness (QED) is 0.854. The Morgan fingerprint density at radius 3 is 2.81 bits per heavy atom. The van der Waals surface area contributed by atoms with Crippen molar-refractivity contribution in [1.82, 2.24) is 19.8 Å². The summed E-state index contributed by atoms with van der Waals surface area (Å²) in [7, 11) is 2.00. The van der Waals surface area contributed by atoms with E-state index in [0.717, 1.165) is 29.9 Å². The molecular weight excluding hydrogens is 338 g/mol. The molecular formula is C21H27N5O. The smallest absolute Gasteiger partial charge is 0.237 e. The minimum Gasteiger partial charge on any atom is -0.334 e. The molecule has 1 amide bonds. The van der Waals surface area contributed by atoms with Crippen LogP contribution in [0.1, 0.15) is 32.4 Å². The molecule has 1 atom stereocenters. The summed E-state index contributed by atoms with van der Waals surface area (Å²) in [5, 5.41) is 12.5. The first-order valence-corrected chi connectivity index (χ1v) is 9.41. The Hall–Kier alpha value is -2.65. The van der Waals surface area contributed by atoms with Gasteiger partial charge in [-0.15, -0.1) is 0 Å². The molecule has 0 aliphatic carbocycles. The van der Waals surface area contributed by atoms with E-state index in [2.05, 4.69) is 37.4 Å². The maximum atomic E-state index is 12.4. The highest BCUT2D eigenvalue weighted by atomic mass is 16.2. The summed E-state index contributed by atoms with van der Waals surface area (Å²) >= 11 is 0. The molecule has 1 aromatic heterocycles. The summed E-state index contributed by atoms with van der Waals surface area (Å²) in [6, 6.07) is 12.1. The molecule has 1 fully saturated rings. The van der Waals surface area contributed by atoms with E-state index in [1.54, 1.807) is 4.90 Å². The van der Waals surface area contributed by atoms with Crippen molar-refractivity contribution in [2.45, 2.75) is 44.7 Å². The van der Waals surface area contributed by atoms with Crippen LogP contribution in [0.5, 0.6) is 0 Å². The van der Waals surface area contributed by atoms with Crippen molar-refractivity contribution >= 4 is 5.91 Å². The van der Waals surface area contributed by atoms with Crippen LogP contribution < -0.4 is 5.32 Å². The van der Waals surface area contributed by atoms with E-state index in [1.165, 1.54) is 0 Å². The van der Waals surface area contributed by atoms with Gasteiger partial charge < -0.3 is 14.8 Å². The number of imidazole rings is 1. The van der Waals surface area contributed by atoms with Crippen LogP contribution in [0.2, 0.25) is 0 Å². The van der Waals surface area contributed by atoms with Gasteiger partial charge in [0.2, 0.25) is 5.91 Å². The summed E-state index contributed by atoms with van der Waals surface area (Å²) < 4.78 is 2.04. The topological polar surface area (TPSA) is 74.0 Å². The summed E-state index contributed by atoms with van der Waals surface area (Å²) in [4.78, 5) is 18.9. The lowest BCUT2D eigenvalue weighted by atomic mass is 9.99. The number of carbonyl (C=O) groups is 1. The number of rotatable bonds is 6. The molecule has 0 bridgehead atoms. The third-order valence-electron chi connectivity index (χ3n) is 5.02. The van der Waals surface area contributed by atoms with Gasteiger partial charge >= 0.3 is 0 Å². The molecule has 1 N–H and O–H groups in total. The monoisotopic (exact) mass is 365 g/mol. The third kappa shape index (κ3) is 4.55. The molecule has 0 spiro atoms. The number of nitrogens with zero attached hydrogens (tertiary/aromatic N) is 4. The van der Waals surface area contributed by atoms with Crippen LogP contribution in [-0.2, 0) is 18.3 Å². The molecule has 3 rings (SSSR count). The van der Waals surface area contributed by atoms with Crippen LogP contribution in [0.3, 0.4) is 0 Å². The molecule has 27 heavy (non-hydrogen) atoms. The number of hydrogen-bond acceptors (Lipinski definition) is 4. The molecule has 2 heterocycles. The van der Waals surface area contributed by atoms with Gasteiger partial charge in [-0.1, -0.05) is 30.3 Å². The molecule has 1 unspecified atom stereocenters. The van der Waals surface area contributed by atoms with Crippen molar-refractivity contribution in [3.63, 3.8) is 0 Å². The Labute approximate surface area is 160 Å². The molecule has 142 valence electrons. The second-order valence-corrected chi connectivity index (χ2v) is 7.82. The fraction of sp³-hybridized carbons (Fsp3) is 0.476. The van der Waals surface area contributed by atoms with Crippen molar-refractivity contribution < 1.29 is 4.79 Å². The zero-order chi connectivity index (χ0) is 19.4. The Morgan fingerprint density at radius 1 is 1.37 bits per heavy atom. The van der Waals surface area contributed by atoms with E-state index < -0.39 is 0 Å². The second kappa shape index (κ2) is 7.93. The summed E-state index contributed by atoms with van der Waals surface area (Å²) in [6.45, 7) is 5.06. The summed E-state index contributed by atoms with van der Waals surface area (Å²) in [5.74, 6) is 0.935. The highest BCUT2D eigenvalue weighted by Crippen LogP contribution is 2.20. The molecule has 1 aliphatic heterocycles. The van der Waals surface area contributed by atoms with Crippen molar-refractivity contribution in [1.29, 1.82) is 5.26 Å². The number of carbonyl (C=O) groups excluding carboxylic acids is 1. The number of aryl methyl sites for hydroxylation is 1. The molecule has 1 saturated heterocycles. The van der Waals surface area contributed by atoms with Crippen LogP contribution in [-0.4, -0.2) is 45.0 Å². The first-order chi connectivity index (χ1) is 12.9. The minimum absolute atomic E-state index is 0.00174. The van der Waals surface area contributed by atoms with Gasteiger partial charge in [-0.05, 0) is 26.7 Å². The van der Waals surface area contributed by atoms with Gasteiger partial charge in [0.05, 0.1) is 18.3 Å². The second-order valence-electron chi connectivity index (χ2n) is 7.82. The molecule has 1 aromatic carbocycles. The van der Waals surface area contributed by atoms with Gasteiger partial charge in [-0.3, -0.25) is 4.79 Å². The molecule has 0 saturated carbocycles. The van der Waals surface area contributed by atoms with Crippen LogP contribution in [0, 0.1) is 11.3 Å². The maximum absolute atomic E-state index is 12.4. The molecule has 6 heteroatoms. The van der Waals surface area contributed by atoms with Gasteiger partial charge in [-0.25, -0.2) is 4.98 Å². The lowest BCUT2D eigenvalue weighted by Gasteiger charge is -2.27. The Bertz CT molecular complexity index is 834. The van der Waals surface area contributed by atoms with E-state index in [0.29, 0.717) is 13.0 Å². The highest BCUT2D eigenvalue weighted by Gasteiger charge is 2.29. The molecule has 2 aromatic rings. The average molecular weight is 365 g/mol. The molecule has 6 nitrogen and oxygen atoms in total. The lowest BCUT2D eigenvalue weighted by molar-refractivity contribution is -0.130. The number of aromatic nitrogens is 2. The predicted octanol–water partition coefficient (Wildman–Crippen LogP) is 2.51. The SMILES string of the molecule is Cn1cc(CC(C)(C)NCC(=O)N2CCCC2C#N)nc1-c1ccccc1. The third-order valence-corrected chi connectivity index (χ3v) is 5.02. The fourth-order valence-electron chi connectivity index (χ4n) is 3.60. The Balaban J connectivity index is 1.61. The van der Waals surface area contributed by atoms with Crippen LogP contribution >= 0.6 is 0 Å². The molecule has 0 radical (unpaired) electrons.